The first-order valence-electron chi connectivity index (χ1n) is 7.08. The molecule has 0 bridgehead atoms. The van der Waals surface area contributed by atoms with Crippen molar-refractivity contribution in [3.8, 4) is 5.75 Å². The summed E-state index contributed by atoms with van der Waals surface area (Å²) in [5.41, 5.74) is 6.79. The number of hydrogen-bond acceptors (Lipinski definition) is 3. The number of hydrogen-bond donors (Lipinski definition) is 3. The van der Waals surface area contributed by atoms with E-state index in [1.54, 1.807) is 12.1 Å². The van der Waals surface area contributed by atoms with Gasteiger partial charge in [-0.05, 0) is 67.5 Å². The molecular weight excluding hydrogens is 294 g/mol. The van der Waals surface area contributed by atoms with Gasteiger partial charge in [0.15, 0.2) is 5.11 Å². The molecule has 0 unspecified atom stereocenters. The molecule has 0 saturated carbocycles. The molecule has 22 heavy (non-hydrogen) atoms. The zero-order chi connectivity index (χ0) is 15.9. The molecule has 0 aromatic heterocycles. The van der Waals surface area contributed by atoms with Gasteiger partial charge in [0.2, 0.25) is 0 Å². The molecule has 2 rings (SSSR count). The second kappa shape index (κ2) is 7.56. The van der Waals surface area contributed by atoms with Crippen LogP contribution in [0.3, 0.4) is 0 Å². The lowest BCUT2D eigenvalue weighted by Crippen LogP contribution is -2.25. The highest BCUT2D eigenvalue weighted by Crippen LogP contribution is 2.12. The highest BCUT2D eigenvalue weighted by Gasteiger charge is 2.02. The van der Waals surface area contributed by atoms with Crippen LogP contribution in [0.15, 0.2) is 53.6 Å². The Morgan fingerprint density at radius 2 is 1.73 bits per heavy atom. The number of aromatic hydroxyl groups is 1. The van der Waals surface area contributed by atoms with Crippen LogP contribution in [-0.4, -0.2) is 15.9 Å². The standard InChI is InChI=1S/C17H19N3OS/c1-3-16(13-6-10-15(21)11-7-13)19-20-17(22)18-14-8-4-12(2)5-9-14/h4-11,21H,3H2,1-2H3,(H2,18,20,22). The fourth-order valence-electron chi connectivity index (χ4n) is 1.92. The number of aryl methyl sites for hydroxylation is 1. The zero-order valence-electron chi connectivity index (χ0n) is 12.6. The summed E-state index contributed by atoms with van der Waals surface area (Å²) < 4.78 is 0. The van der Waals surface area contributed by atoms with E-state index in [4.69, 9.17) is 12.2 Å². The van der Waals surface area contributed by atoms with E-state index in [2.05, 4.69) is 15.8 Å². The van der Waals surface area contributed by atoms with Crippen molar-refractivity contribution in [2.45, 2.75) is 20.3 Å². The van der Waals surface area contributed by atoms with E-state index >= 15 is 0 Å². The van der Waals surface area contributed by atoms with Crippen molar-refractivity contribution in [1.82, 2.24) is 5.43 Å². The molecule has 0 aliphatic carbocycles. The molecule has 0 heterocycles. The molecule has 0 fully saturated rings. The Labute approximate surface area is 135 Å². The van der Waals surface area contributed by atoms with Crippen LogP contribution in [-0.2, 0) is 0 Å². The van der Waals surface area contributed by atoms with Gasteiger partial charge in [-0.25, -0.2) is 0 Å². The maximum atomic E-state index is 9.33. The lowest BCUT2D eigenvalue weighted by atomic mass is 10.1. The third-order valence-corrected chi connectivity index (χ3v) is 3.33. The van der Waals surface area contributed by atoms with Crippen LogP contribution in [0.4, 0.5) is 5.69 Å². The number of thiocarbonyl (C=S) groups is 1. The minimum atomic E-state index is 0.240. The Bertz CT molecular complexity index is 663. The van der Waals surface area contributed by atoms with Gasteiger partial charge in [0.05, 0.1) is 5.71 Å². The van der Waals surface area contributed by atoms with Crippen LogP contribution in [0.5, 0.6) is 5.75 Å². The Kier molecular flexibility index (Phi) is 5.49. The Balaban J connectivity index is 2.00. The third-order valence-electron chi connectivity index (χ3n) is 3.14. The van der Waals surface area contributed by atoms with Crippen molar-refractivity contribution in [1.29, 1.82) is 0 Å². The van der Waals surface area contributed by atoms with Gasteiger partial charge in [-0.15, -0.1) is 0 Å². The quantitative estimate of drug-likeness (QED) is 0.456. The van der Waals surface area contributed by atoms with Crippen molar-refractivity contribution in [3.05, 3.63) is 59.7 Å². The number of hydrazone groups is 1. The lowest BCUT2D eigenvalue weighted by molar-refractivity contribution is 0.475. The first kappa shape index (κ1) is 16.0. The molecule has 0 spiro atoms. The van der Waals surface area contributed by atoms with Gasteiger partial charge in [-0.3, -0.25) is 5.43 Å². The number of benzene rings is 2. The van der Waals surface area contributed by atoms with Gasteiger partial charge in [0, 0.05) is 5.69 Å². The predicted octanol–water partition coefficient (Wildman–Crippen LogP) is 3.80. The Hall–Kier alpha value is -2.40. The Morgan fingerprint density at radius 3 is 2.32 bits per heavy atom. The van der Waals surface area contributed by atoms with Gasteiger partial charge >= 0.3 is 0 Å². The van der Waals surface area contributed by atoms with Gasteiger partial charge < -0.3 is 10.4 Å². The highest BCUT2D eigenvalue weighted by molar-refractivity contribution is 7.80. The third kappa shape index (κ3) is 4.56. The highest BCUT2D eigenvalue weighted by atomic mass is 32.1. The van der Waals surface area contributed by atoms with Gasteiger partial charge in [-0.2, -0.15) is 5.10 Å². The van der Waals surface area contributed by atoms with Crippen LogP contribution >= 0.6 is 12.2 Å². The summed E-state index contributed by atoms with van der Waals surface area (Å²) in [5, 5.41) is 17.2. The van der Waals surface area contributed by atoms with Crippen LogP contribution < -0.4 is 10.7 Å². The van der Waals surface area contributed by atoms with Crippen molar-refractivity contribution >= 4 is 28.7 Å². The SMILES string of the molecule is CCC(=NNC(=S)Nc1ccc(C)cc1)c1ccc(O)cc1. The van der Waals surface area contributed by atoms with Gasteiger partial charge in [-0.1, -0.05) is 24.6 Å². The first-order chi connectivity index (χ1) is 10.6. The summed E-state index contributed by atoms with van der Waals surface area (Å²) in [4.78, 5) is 0. The van der Waals surface area contributed by atoms with Crippen LogP contribution in [0, 0.1) is 6.92 Å². The van der Waals surface area contributed by atoms with E-state index in [1.165, 1.54) is 5.56 Å². The number of phenols is 1. The minimum absolute atomic E-state index is 0.240. The maximum absolute atomic E-state index is 9.33. The second-order valence-electron chi connectivity index (χ2n) is 4.89. The fourth-order valence-corrected chi connectivity index (χ4v) is 2.08. The molecule has 3 N–H and O–H groups in total. The van der Waals surface area contributed by atoms with E-state index in [-0.39, 0.29) is 5.75 Å². The van der Waals surface area contributed by atoms with Gasteiger partial charge in [0.25, 0.3) is 0 Å². The largest absolute Gasteiger partial charge is 0.508 e. The van der Waals surface area contributed by atoms with Crippen molar-refractivity contribution in [2.75, 3.05) is 5.32 Å². The molecule has 0 amide bonds. The van der Waals surface area contributed by atoms with Crippen LogP contribution in [0.25, 0.3) is 0 Å². The van der Waals surface area contributed by atoms with Crippen LogP contribution in [0.1, 0.15) is 24.5 Å². The molecule has 2 aromatic rings. The number of nitrogens with one attached hydrogen (secondary N) is 2. The molecule has 0 saturated heterocycles. The average Bonchev–Trinajstić information content (AvgIpc) is 2.52. The van der Waals surface area contributed by atoms with E-state index < -0.39 is 0 Å². The second-order valence-corrected chi connectivity index (χ2v) is 5.30. The smallest absolute Gasteiger partial charge is 0.191 e. The summed E-state index contributed by atoms with van der Waals surface area (Å²) in [6.07, 6.45) is 0.755. The average molecular weight is 313 g/mol. The van der Waals surface area contributed by atoms with Gasteiger partial charge in [0.1, 0.15) is 5.75 Å². The first-order valence-corrected chi connectivity index (χ1v) is 7.49. The predicted molar refractivity (Wildman–Crippen MR) is 95.5 cm³/mol. The van der Waals surface area contributed by atoms with E-state index in [1.807, 2.05) is 50.2 Å². The van der Waals surface area contributed by atoms with E-state index in [0.717, 1.165) is 23.4 Å². The molecule has 0 atom stereocenters. The normalized spacial score (nSPS) is 11.1. The number of nitrogens with zero attached hydrogens (tertiary/aromatic N) is 1. The fraction of sp³-hybridized carbons (Fsp3) is 0.176. The monoisotopic (exact) mass is 313 g/mol. The summed E-state index contributed by atoms with van der Waals surface area (Å²) in [6.45, 7) is 4.06. The molecule has 0 aliphatic rings. The molecule has 0 radical (unpaired) electrons. The number of phenolic OH excluding ortho intramolecular Hbond substituents is 1. The lowest BCUT2D eigenvalue weighted by Gasteiger charge is -2.09. The topological polar surface area (TPSA) is 56.7 Å². The minimum Gasteiger partial charge on any atom is -0.508 e. The molecule has 5 heteroatoms. The summed E-state index contributed by atoms with van der Waals surface area (Å²) in [7, 11) is 0. The van der Waals surface area contributed by atoms with E-state index in [0.29, 0.717) is 5.11 Å². The molecular formula is C17H19N3OS. The Morgan fingerprint density at radius 1 is 1.09 bits per heavy atom. The zero-order valence-corrected chi connectivity index (χ0v) is 13.4. The summed E-state index contributed by atoms with van der Waals surface area (Å²) in [5.74, 6) is 0.240. The van der Waals surface area contributed by atoms with Crippen molar-refractivity contribution in [3.63, 3.8) is 0 Å². The van der Waals surface area contributed by atoms with Crippen LogP contribution in [0.2, 0.25) is 0 Å². The van der Waals surface area contributed by atoms with Crippen molar-refractivity contribution < 1.29 is 5.11 Å². The number of rotatable bonds is 4. The summed E-state index contributed by atoms with van der Waals surface area (Å²) in [6, 6.07) is 14.9. The molecule has 2 aromatic carbocycles. The molecule has 114 valence electrons. The number of anilines is 1. The molecule has 0 aliphatic heterocycles. The maximum Gasteiger partial charge on any atom is 0.191 e. The molecule has 4 nitrogen and oxygen atoms in total. The summed E-state index contributed by atoms with van der Waals surface area (Å²) >= 11 is 5.24. The van der Waals surface area contributed by atoms with Crippen molar-refractivity contribution in [2.24, 2.45) is 5.10 Å². The van der Waals surface area contributed by atoms with E-state index in [9.17, 15) is 5.11 Å².